The quantitative estimate of drug-likeness (QED) is 0.0492. The first-order chi connectivity index (χ1) is 27.5. The topological polar surface area (TPSA) is 213 Å². The molecule has 2 heterocycles. The van der Waals surface area contributed by atoms with Crippen molar-refractivity contribution in [2.75, 3.05) is 83.7 Å². The lowest BCUT2D eigenvalue weighted by Crippen LogP contribution is -2.31. The number of para-hydroxylation sites is 2. The molecule has 0 radical (unpaired) electrons. The van der Waals surface area contributed by atoms with Gasteiger partial charge in [0.25, 0.3) is 0 Å². The van der Waals surface area contributed by atoms with E-state index in [0.717, 1.165) is 33.9 Å². The molecule has 0 saturated carbocycles. The van der Waals surface area contributed by atoms with E-state index in [4.69, 9.17) is 0 Å². The van der Waals surface area contributed by atoms with Crippen LogP contribution in [0.4, 0.5) is 58.4 Å². The molecule has 0 aliphatic carbocycles. The molecule has 0 spiro atoms. The predicted molar refractivity (Wildman–Crippen MR) is 220 cm³/mol. The molecule has 56 heavy (non-hydrogen) atoms. The molecular weight excluding hydrogens is 713 g/mol. The summed E-state index contributed by atoms with van der Waals surface area (Å²) < 4.78 is 0. The first kappa shape index (κ1) is 39.0. The Kier molecular flexibility index (Phi) is 14.0. The molecule has 0 atom stereocenters. The number of hydrogen-bond acceptors (Lipinski definition) is 16. The molecule has 0 amide bonds. The average molecular weight is 757 g/mol. The van der Waals surface area contributed by atoms with Crippen LogP contribution in [0, 0.1) is 0 Å². The van der Waals surface area contributed by atoms with Gasteiger partial charge in [0.2, 0.25) is 35.7 Å². The highest BCUT2D eigenvalue weighted by Gasteiger charge is 2.16. The van der Waals surface area contributed by atoms with Crippen LogP contribution in [0.3, 0.4) is 0 Å². The number of nitrogens with zero attached hydrogens (tertiary/aromatic N) is 8. The third-order valence-electron chi connectivity index (χ3n) is 8.15. The van der Waals surface area contributed by atoms with Crippen LogP contribution in [0.5, 0.6) is 0 Å². The minimum absolute atomic E-state index is 0.125. The number of benzene rings is 4. The molecule has 4 aromatic carbocycles. The maximum atomic E-state index is 9.59. The standard InChI is InChI=1S/C40H44N12O4/c53-25-21-51(22-26-54)39-47-35(41-31-7-3-1-4-8-31)45-37(49-39)43-33-17-13-29(14-18-33)11-12-30-15-19-34(20-16-30)44-38-46-36(42-32-9-5-2-6-10-32)48-40(50-38)52(23-27-55)24-28-56/h1-20,53-56H,21-28H2,(H2,41,43,45,47,49)(H2,42,44,46,48,50). The van der Waals surface area contributed by atoms with Crippen molar-refractivity contribution in [1.29, 1.82) is 0 Å². The second kappa shape index (κ2) is 20.1. The van der Waals surface area contributed by atoms with Crippen LogP contribution in [0.1, 0.15) is 11.1 Å². The third-order valence-corrected chi connectivity index (χ3v) is 8.15. The summed E-state index contributed by atoms with van der Waals surface area (Å²) >= 11 is 0. The van der Waals surface area contributed by atoms with Gasteiger partial charge in [0.05, 0.1) is 26.4 Å². The maximum Gasteiger partial charge on any atom is 0.233 e. The molecule has 0 bridgehead atoms. The molecule has 0 fully saturated rings. The molecule has 2 aromatic heterocycles. The summed E-state index contributed by atoms with van der Waals surface area (Å²) in [6.07, 6.45) is 4.01. The lowest BCUT2D eigenvalue weighted by atomic mass is 10.1. The van der Waals surface area contributed by atoms with Crippen LogP contribution in [-0.4, -0.2) is 103 Å². The molecule has 0 aliphatic rings. The molecule has 288 valence electrons. The minimum Gasteiger partial charge on any atom is -0.395 e. The predicted octanol–water partition coefficient (Wildman–Crippen LogP) is 4.78. The summed E-state index contributed by atoms with van der Waals surface area (Å²) in [5.74, 6) is 1.87. The van der Waals surface area contributed by atoms with Crippen molar-refractivity contribution in [3.8, 4) is 0 Å². The number of nitrogens with one attached hydrogen (secondary N) is 4. The van der Waals surface area contributed by atoms with Gasteiger partial charge in [0.15, 0.2) is 0 Å². The summed E-state index contributed by atoms with van der Waals surface area (Å²) in [7, 11) is 0. The van der Waals surface area contributed by atoms with Gasteiger partial charge in [-0.1, -0.05) is 72.8 Å². The minimum atomic E-state index is -0.125. The Morgan fingerprint density at radius 2 is 0.661 bits per heavy atom. The van der Waals surface area contributed by atoms with Crippen LogP contribution in [0.15, 0.2) is 109 Å². The SMILES string of the molecule is OCCN(CCO)c1nc(Nc2ccccc2)nc(Nc2ccc(C=Cc3ccc(Nc4nc(Nc5ccccc5)nc(N(CCO)CCO)n4)cc3)cc2)n1. The zero-order chi connectivity index (χ0) is 39.0. The molecule has 0 unspecified atom stereocenters. The Hall–Kier alpha value is -6.72. The Labute approximate surface area is 324 Å². The van der Waals surface area contributed by atoms with Crippen molar-refractivity contribution in [3.05, 3.63) is 120 Å². The van der Waals surface area contributed by atoms with Gasteiger partial charge in [-0.05, 0) is 59.7 Å². The highest BCUT2D eigenvalue weighted by molar-refractivity contribution is 5.72. The van der Waals surface area contributed by atoms with Crippen LogP contribution in [-0.2, 0) is 0 Å². The molecule has 16 heteroatoms. The van der Waals surface area contributed by atoms with Crippen LogP contribution in [0.25, 0.3) is 12.2 Å². The number of hydrogen-bond donors (Lipinski definition) is 8. The van der Waals surface area contributed by atoms with E-state index in [0.29, 0.717) is 35.7 Å². The summed E-state index contributed by atoms with van der Waals surface area (Å²) in [5, 5.41) is 51.2. The van der Waals surface area contributed by atoms with Gasteiger partial charge >= 0.3 is 0 Å². The lowest BCUT2D eigenvalue weighted by Gasteiger charge is -2.21. The second-order valence-electron chi connectivity index (χ2n) is 12.2. The molecule has 6 aromatic rings. The normalized spacial score (nSPS) is 11.0. The van der Waals surface area contributed by atoms with Gasteiger partial charge in [0, 0.05) is 48.9 Å². The Morgan fingerprint density at radius 3 is 0.946 bits per heavy atom. The van der Waals surface area contributed by atoms with Crippen molar-refractivity contribution in [3.63, 3.8) is 0 Å². The van der Waals surface area contributed by atoms with E-state index in [1.807, 2.05) is 121 Å². The van der Waals surface area contributed by atoms with E-state index in [2.05, 4.69) is 51.2 Å². The summed E-state index contributed by atoms with van der Waals surface area (Å²) in [4.78, 5) is 30.7. The average Bonchev–Trinajstić information content (AvgIpc) is 3.21. The lowest BCUT2D eigenvalue weighted by molar-refractivity contribution is 0.279. The first-order valence-electron chi connectivity index (χ1n) is 18.0. The van der Waals surface area contributed by atoms with Gasteiger partial charge in [0.1, 0.15) is 0 Å². The van der Waals surface area contributed by atoms with Gasteiger partial charge in [-0.2, -0.15) is 29.9 Å². The Balaban J connectivity index is 1.13. The van der Waals surface area contributed by atoms with E-state index in [1.165, 1.54) is 0 Å². The first-order valence-corrected chi connectivity index (χ1v) is 18.0. The fourth-order valence-electron chi connectivity index (χ4n) is 5.45. The Bertz CT molecular complexity index is 1960. The maximum absolute atomic E-state index is 9.59. The zero-order valence-corrected chi connectivity index (χ0v) is 30.6. The van der Waals surface area contributed by atoms with Crippen molar-refractivity contribution in [2.45, 2.75) is 0 Å². The molecule has 6 rings (SSSR count). The fraction of sp³-hybridized carbons (Fsp3) is 0.200. The number of anilines is 10. The molecular formula is C40H44N12O4. The van der Waals surface area contributed by atoms with Crippen molar-refractivity contribution >= 4 is 70.6 Å². The summed E-state index contributed by atoms with van der Waals surface area (Å²) in [6, 6.07) is 34.6. The van der Waals surface area contributed by atoms with Gasteiger partial charge in [-0.25, -0.2) is 0 Å². The van der Waals surface area contributed by atoms with Crippen LogP contribution < -0.4 is 31.1 Å². The molecule has 0 saturated heterocycles. The fourth-order valence-corrected chi connectivity index (χ4v) is 5.45. The number of aliphatic hydroxyl groups is 4. The van der Waals surface area contributed by atoms with Crippen molar-refractivity contribution < 1.29 is 20.4 Å². The highest BCUT2D eigenvalue weighted by atomic mass is 16.3. The Morgan fingerprint density at radius 1 is 0.375 bits per heavy atom. The third kappa shape index (κ3) is 11.4. The van der Waals surface area contributed by atoms with Crippen molar-refractivity contribution in [1.82, 2.24) is 29.9 Å². The van der Waals surface area contributed by atoms with E-state index < -0.39 is 0 Å². The smallest absolute Gasteiger partial charge is 0.233 e. The van der Waals surface area contributed by atoms with E-state index >= 15 is 0 Å². The highest BCUT2D eigenvalue weighted by Crippen LogP contribution is 2.23. The summed E-state index contributed by atoms with van der Waals surface area (Å²) in [6.45, 7) is 0.499. The molecule has 8 N–H and O–H groups in total. The van der Waals surface area contributed by atoms with Gasteiger partial charge in [-0.15, -0.1) is 0 Å². The van der Waals surface area contributed by atoms with E-state index in [-0.39, 0.29) is 52.6 Å². The molecule has 0 aliphatic heterocycles. The van der Waals surface area contributed by atoms with Gasteiger partial charge in [-0.3, -0.25) is 0 Å². The van der Waals surface area contributed by atoms with Crippen LogP contribution >= 0.6 is 0 Å². The number of aliphatic hydroxyl groups excluding tert-OH is 4. The second-order valence-corrected chi connectivity index (χ2v) is 12.2. The number of rotatable bonds is 20. The van der Waals surface area contributed by atoms with E-state index in [1.54, 1.807) is 9.80 Å². The van der Waals surface area contributed by atoms with E-state index in [9.17, 15) is 20.4 Å². The summed E-state index contributed by atoms with van der Waals surface area (Å²) in [5.41, 5.74) is 5.08. The molecule has 16 nitrogen and oxygen atoms in total. The monoisotopic (exact) mass is 756 g/mol. The van der Waals surface area contributed by atoms with Crippen molar-refractivity contribution in [2.24, 2.45) is 0 Å². The number of aromatic nitrogens is 6. The van der Waals surface area contributed by atoms with Crippen LogP contribution in [0.2, 0.25) is 0 Å². The largest absolute Gasteiger partial charge is 0.395 e. The zero-order valence-electron chi connectivity index (χ0n) is 30.6. The van der Waals surface area contributed by atoms with Gasteiger partial charge < -0.3 is 51.5 Å².